The molecule has 0 bridgehead atoms. The van der Waals surface area contributed by atoms with E-state index in [-0.39, 0.29) is 0 Å². The third-order valence-corrected chi connectivity index (χ3v) is 4.67. The molecule has 6 heteroatoms. The molecule has 0 aromatic carbocycles. The zero-order valence-electron chi connectivity index (χ0n) is 12.2. The van der Waals surface area contributed by atoms with Crippen LogP contribution in [0.15, 0.2) is 0 Å². The summed E-state index contributed by atoms with van der Waals surface area (Å²) in [7, 11) is 1.89. The highest BCUT2D eigenvalue weighted by Crippen LogP contribution is 2.23. The first-order valence-electron chi connectivity index (χ1n) is 7.38. The van der Waals surface area contributed by atoms with E-state index in [1.165, 1.54) is 12.8 Å². The van der Waals surface area contributed by atoms with E-state index >= 15 is 0 Å². The van der Waals surface area contributed by atoms with Crippen molar-refractivity contribution in [1.82, 2.24) is 20.0 Å². The van der Waals surface area contributed by atoms with Crippen LogP contribution in [0.1, 0.15) is 24.1 Å². The van der Waals surface area contributed by atoms with Gasteiger partial charge < -0.3 is 10.1 Å². The summed E-state index contributed by atoms with van der Waals surface area (Å²) < 4.78 is 7.39. The van der Waals surface area contributed by atoms with Gasteiger partial charge in [-0.05, 0) is 19.8 Å². The Morgan fingerprint density at radius 2 is 2.25 bits per heavy atom. The van der Waals surface area contributed by atoms with E-state index < -0.39 is 0 Å². The second kappa shape index (κ2) is 6.02. The highest BCUT2D eigenvalue weighted by atomic mass is 35.5. The summed E-state index contributed by atoms with van der Waals surface area (Å²) in [6.07, 6.45) is 2.64. The van der Waals surface area contributed by atoms with Gasteiger partial charge in [-0.25, -0.2) is 0 Å². The van der Waals surface area contributed by atoms with Crippen LogP contribution in [-0.2, 0) is 18.3 Å². The van der Waals surface area contributed by atoms with Gasteiger partial charge >= 0.3 is 0 Å². The second-order valence-corrected chi connectivity index (χ2v) is 6.22. The minimum Gasteiger partial charge on any atom is -0.378 e. The summed E-state index contributed by atoms with van der Waals surface area (Å²) in [5.74, 6) is 0. The van der Waals surface area contributed by atoms with Gasteiger partial charge in [0, 0.05) is 44.3 Å². The van der Waals surface area contributed by atoms with E-state index in [4.69, 9.17) is 16.3 Å². The summed E-state index contributed by atoms with van der Waals surface area (Å²) >= 11 is 6.35. The molecule has 1 saturated carbocycles. The summed E-state index contributed by atoms with van der Waals surface area (Å²) in [6, 6.07) is 1.17. The fourth-order valence-electron chi connectivity index (χ4n) is 2.73. The number of hydrogen-bond donors (Lipinski definition) is 1. The lowest BCUT2D eigenvalue weighted by molar-refractivity contribution is -0.0111. The Labute approximate surface area is 125 Å². The number of hydrogen-bond acceptors (Lipinski definition) is 4. The van der Waals surface area contributed by atoms with Crippen molar-refractivity contribution < 1.29 is 4.74 Å². The van der Waals surface area contributed by atoms with Crippen LogP contribution in [0, 0.1) is 6.92 Å². The van der Waals surface area contributed by atoms with E-state index in [1.807, 2.05) is 14.0 Å². The van der Waals surface area contributed by atoms with Gasteiger partial charge in [-0.1, -0.05) is 11.6 Å². The monoisotopic (exact) mass is 298 g/mol. The predicted octanol–water partition coefficient (Wildman–Crippen LogP) is 1.33. The average molecular weight is 299 g/mol. The van der Waals surface area contributed by atoms with Crippen molar-refractivity contribution in [1.29, 1.82) is 0 Å². The van der Waals surface area contributed by atoms with Gasteiger partial charge in [0.2, 0.25) is 0 Å². The van der Waals surface area contributed by atoms with E-state index in [2.05, 4.69) is 15.3 Å². The normalized spacial score (nSPS) is 24.2. The third kappa shape index (κ3) is 3.17. The van der Waals surface area contributed by atoms with Gasteiger partial charge in [-0.2, -0.15) is 5.10 Å². The van der Waals surface area contributed by atoms with Crippen LogP contribution in [0.2, 0.25) is 5.15 Å². The molecule has 20 heavy (non-hydrogen) atoms. The van der Waals surface area contributed by atoms with Crippen molar-refractivity contribution in [2.45, 2.75) is 38.4 Å². The van der Waals surface area contributed by atoms with Gasteiger partial charge in [-0.15, -0.1) is 0 Å². The Kier molecular flexibility index (Phi) is 4.31. The van der Waals surface area contributed by atoms with Crippen LogP contribution < -0.4 is 5.32 Å². The number of morpholine rings is 1. The lowest BCUT2D eigenvalue weighted by Crippen LogP contribution is -2.50. The number of rotatable bonds is 5. The number of ether oxygens (including phenoxy) is 1. The van der Waals surface area contributed by atoms with Crippen molar-refractivity contribution in [2.24, 2.45) is 7.05 Å². The Bertz CT molecular complexity index is 472. The number of aryl methyl sites for hydroxylation is 2. The molecule has 5 nitrogen and oxygen atoms in total. The molecule has 112 valence electrons. The second-order valence-electron chi connectivity index (χ2n) is 5.86. The van der Waals surface area contributed by atoms with Crippen molar-refractivity contribution >= 4 is 11.6 Å². The Hall–Kier alpha value is -0.620. The van der Waals surface area contributed by atoms with Crippen molar-refractivity contribution in [3.8, 4) is 0 Å². The fraction of sp³-hybridized carbons (Fsp3) is 0.786. The molecule has 1 saturated heterocycles. The lowest BCUT2D eigenvalue weighted by atomic mass is 10.1. The Balaban J connectivity index is 1.65. The van der Waals surface area contributed by atoms with Gasteiger partial charge in [0.05, 0.1) is 18.9 Å². The molecule has 1 aliphatic heterocycles. The zero-order chi connectivity index (χ0) is 14.1. The molecule has 0 radical (unpaired) electrons. The third-order valence-electron chi connectivity index (χ3n) is 4.20. The minimum atomic E-state index is 0.431. The van der Waals surface area contributed by atoms with Crippen LogP contribution >= 0.6 is 11.6 Å². The molecule has 2 heterocycles. The molecule has 1 atom stereocenters. The first-order chi connectivity index (χ1) is 9.65. The SMILES string of the molecule is Cc1nn(C)c(Cl)c1CN1CCOCC1CNC1CC1. The van der Waals surface area contributed by atoms with Gasteiger partial charge in [0.1, 0.15) is 5.15 Å². The van der Waals surface area contributed by atoms with Crippen molar-refractivity contribution in [3.05, 3.63) is 16.4 Å². The maximum Gasteiger partial charge on any atom is 0.131 e. The fourth-order valence-corrected chi connectivity index (χ4v) is 2.97. The molecular formula is C14H23ClN4O. The van der Waals surface area contributed by atoms with Crippen LogP contribution in [-0.4, -0.2) is 53.1 Å². The lowest BCUT2D eigenvalue weighted by Gasteiger charge is -2.35. The van der Waals surface area contributed by atoms with Crippen molar-refractivity contribution in [2.75, 3.05) is 26.3 Å². The maximum atomic E-state index is 6.35. The molecule has 1 aromatic heterocycles. The minimum absolute atomic E-state index is 0.431. The highest BCUT2D eigenvalue weighted by molar-refractivity contribution is 6.30. The number of nitrogens with zero attached hydrogens (tertiary/aromatic N) is 3. The first kappa shape index (κ1) is 14.3. The Morgan fingerprint density at radius 3 is 2.90 bits per heavy atom. The standard InChI is InChI=1S/C14H23ClN4O/c1-10-13(14(15)18(2)17-10)8-19-5-6-20-9-12(19)7-16-11-3-4-11/h11-12,16H,3-9H2,1-2H3. The van der Waals surface area contributed by atoms with Crippen LogP contribution in [0.3, 0.4) is 0 Å². The smallest absolute Gasteiger partial charge is 0.131 e. The number of halogens is 1. The van der Waals surface area contributed by atoms with Crippen molar-refractivity contribution in [3.63, 3.8) is 0 Å². The summed E-state index contributed by atoms with van der Waals surface area (Å²) in [4.78, 5) is 2.47. The Morgan fingerprint density at radius 1 is 1.45 bits per heavy atom. The summed E-state index contributed by atoms with van der Waals surface area (Å²) in [6.45, 7) is 6.45. The van der Waals surface area contributed by atoms with Crippen LogP contribution in [0.25, 0.3) is 0 Å². The quantitative estimate of drug-likeness (QED) is 0.891. The molecule has 1 aliphatic carbocycles. The highest BCUT2D eigenvalue weighted by Gasteiger charge is 2.28. The first-order valence-corrected chi connectivity index (χ1v) is 7.76. The molecule has 0 amide bonds. The van der Waals surface area contributed by atoms with Crippen LogP contribution in [0.4, 0.5) is 0 Å². The van der Waals surface area contributed by atoms with E-state index in [9.17, 15) is 0 Å². The molecule has 0 spiro atoms. The molecule has 1 N–H and O–H groups in total. The largest absolute Gasteiger partial charge is 0.378 e. The molecule has 2 aliphatic rings. The van der Waals surface area contributed by atoms with Gasteiger partial charge in [0.25, 0.3) is 0 Å². The predicted molar refractivity (Wildman–Crippen MR) is 79.0 cm³/mol. The molecule has 1 aromatic rings. The molecule has 3 rings (SSSR count). The zero-order valence-corrected chi connectivity index (χ0v) is 13.0. The van der Waals surface area contributed by atoms with Gasteiger partial charge in [-0.3, -0.25) is 9.58 Å². The van der Waals surface area contributed by atoms with E-state index in [0.29, 0.717) is 6.04 Å². The molecule has 1 unspecified atom stereocenters. The van der Waals surface area contributed by atoms with Gasteiger partial charge in [0.15, 0.2) is 0 Å². The summed E-state index contributed by atoms with van der Waals surface area (Å²) in [5.41, 5.74) is 2.17. The topological polar surface area (TPSA) is 42.3 Å². The summed E-state index contributed by atoms with van der Waals surface area (Å²) in [5, 5.41) is 8.75. The number of nitrogens with one attached hydrogen (secondary N) is 1. The van der Waals surface area contributed by atoms with E-state index in [1.54, 1.807) is 4.68 Å². The number of aromatic nitrogens is 2. The average Bonchev–Trinajstić information content (AvgIpc) is 3.23. The van der Waals surface area contributed by atoms with Crippen LogP contribution in [0.5, 0.6) is 0 Å². The molecular weight excluding hydrogens is 276 g/mol. The molecule has 2 fully saturated rings. The maximum absolute atomic E-state index is 6.35. The van der Waals surface area contributed by atoms with E-state index in [0.717, 1.165) is 55.3 Å².